The maximum atomic E-state index is 5.07. The molecule has 0 amide bonds. The molecular weight excluding hydrogens is 236 g/mol. The molecular formula is C16H14N2O. The van der Waals surface area contributed by atoms with Crippen molar-refractivity contribution in [2.45, 2.75) is 6.42 Å². The third-order valence-electron chi connectivity index (χ3n) is 3.14. The van der Waals surface area contributed by atoms with Crippen molar-refractivity contribution in [2.24, 2.45) is 0 Å². The molecule has 0 N–H and O–H groups in total. The number of aromatic nitrogens is 2. The van der Waals surface area contributed by atoms with Gasteiger partial charge in [-0.25, -0.2) is 4.98 Å². The third-order valence-corrected chi connectivity index (χ3v) is 3.14. The Bertz CT molecular complexity index is 687. The summed E-state index contributed by atoms with van der Waals surface area (Å²) in [6.45, 7) is 0. The molecule has 3 nitrogen and oxygen atoms in total. The zero-order valence-electron chi connectivity index (χ0n) is 10.7. The fourth-order valence-electron chi connectivity index (χ4n) is 2.17. The van der Waals surface area contributed by atoms with Crippen molar-refractivity contribution in [1.82, 2.24) is 9.97 Å². The molecule has 0 aliphatic rings. The van der Waals surface area contributed by atoms with Crippen LogP contribution >= 0.6 is 0 Å². The van der Waals surface area contributed by atoms with Crippen LogP contribution in [0.15, 0.2) is 54.9 Å². The summed E-state index contributed by atoms with van der Waals surface area (Å²) in [5.74, 6) is 0.642. The van der Waals surface area contributed by atoms with Crippen molar-refractivity contribution in [3.05, 3.63) is 66.0 Å². The Morgan fingerprint density at radius 2 is 1.89 bits per heavy atom. The van der Waals surface area contributed by atoms with E-state index in [0.29, 0.717) is 5.88 Å². The number of nitrogens with zero attached hydrogens (tertiary/aromatic N) is 2. The lowest BCUT2D eigenvalue weighted by molar-refractivity contribution is 0.397. The van der Waals surface area contributed by atoms with Crippen LogP contribution in [-0.4, -0.2) is 17.1 Å². The number of pyridine rings is 2. The van der Waals surface area contributed by atoms with Crippen LogP contribution in [0.25, 0.3) is 10.9 Å². The summed E-state index contributed by atoms with van der Waals surface area (Å²) in [6.07, 6.45) is 4.56. The molecule has 2 aromatic heterocycles. The van der Waals surface area contributed by atoms with Crippen molar-refractivity contribution < 1.29 is 4.74 Å². The highest BCUT2D eigenvalue weighted by molar-refractivity contribution is 5.82. The molecule has 0 aliphatic carbocycles. The number of rotatable bonds is 3. The van der Waals surface area contributed by atoms with Crippen LogP contribution in [0.4, 0.5) is 0 Å². The van der Waals surface area contributed by atoms with Crippen molar-refractivity contribution >= 4 is 10.9 Å². The van der Waals surface area contributed by atoms with Gasteiger partial charge in [0.25, 0.3) is 0 Å². The highest BCUT2D eigenvalue weighted by Gasteiger charge is 2.03. The summed E-state index contributed by atoms with van der Waals surface area (Å²) in [5, 5.41) is 1.20. The summed E-state index contributed by atoms with van der Waals surface area (Å²) in [4.78, 5) is 8.61. The number of para-hydroxylation sites is 1. The minimum Gasteiger partial charge on any atom is -0.481 e. The number of benzene rings is 1. The van der Waals surface area contributed by atoms with Gasteiger partial charge in [0.2, 0.25) is 5.88 Å². The number of methoxy groups -OCH3 is 1. The molecule has 0 fully saturated rings. The molecule has 0 unspecified atom stereocenters. The van der Waals surface area contributed by atoms with Gasteiger partial charge in [-0.05, 0) is 29.7 Å². The van der Waals surface area contributed by atoms with Gasteiger partial charge in [0.15, 0.2) is 0 Å². The maximum absolute atomic E-state index is 5.07. The first-order valence-corrected chi connectivity index (χ1v) is 6.18. The molecule has 0 atom stereocenters. The highest BCUT2D eigenvalue weighted by atomic mass is 16.5. The lowest BCUT2D eigenvalue weighted by Crippen LogP contribution is -1.93. The predicted octanol–water partition coefficient (Wildman–Crippen LogP) is 3.23. The Morgan fingerprint density at radius 3 is 2.68 bits per heavy atom. The van der Waals surface area contributed by atoms with Crippen molar-refractivity contribution in [3.63, 3.8) is 0 Å². The van der Waals surface area contributed by atoms with E-state index in [0.717, 1.165) is 17.5 Å². The first kappa shape index (κ1) is 11.7. The second kappa shape index (κ2) is 5.06. The van der Waals surface area contributed by atoms with Gasteiger partial charge in [-0.2, -0.15) is 0 Å². The standard InChI is InChI=1S/C16H14N2O/c1-19-16-7-6-12(11-18-16)10-13-8-9-17-15-5-3-2-4-14(13)15/h2-9,11H,10H2,1H3. The second-order valence-corrected chi connectivity index (χ2v) is 4.37. The van der Waals surface area contributed by atoms with Gasteiger partial charge in [-0.1, -0.05) is 24.3 Å². The van der Waals surface area contributed by atoms with Gasteiger partial charge in [0, 0.05) is 23.8 Å². The first-order chi connectivity index (χ1) is 9.36. The lowest BCUT2D eigenvalue weighted by atomic mass is 10.0. The Balaban J connectivity index is 1.96. The lowest BCUT2D eigenvalue weighted by Gasteiger charge is -2.06. The van der Waals surface area contributed by atoms with Crippen LogP contribution in [0.5, 0.6) is 5.88 Å². The van der Waals surface area contributed by atoms with E-state index in [1.165, 1.54) is 10.9 Å². The molecule has 0 aliphatic heterocycles. The summed E-state index contributed by atoms with van der Waals surface area (Å²) in [5.41, 5.74) is 3.45. The molecule has 3 rings (SSSR count). The van der Waals surface area contributed by atoms with E-state index in [4.69, 9.17) is 4.74 Å². The van der Waals surface area contributed by atoms with Gasteiger partial charge in [0.1, 0.15) is 0 Å². The fraction of sp³-hybridized carbons (Fsp3) is 0.125. The van der Waals surface area contributed by atoms with Gasteiger partial charge in [0.05, 0.1) is 12.6 Å². The van der Waals surface area contributed by atoms with Crippen LogP contribution in [-0.2, 0) is 6.42 Å². The van der Waals surface area contributed by atoms with Gasteiger partial charge in [-0.3, -0.25) is 4.98 Å². The second-order valence-electron chi connectivity index (χ2n) is 4.37. The predicted molar refractivity (Wildman–Crippen MR) is 75.3 cm³/mol. The van der Waals surface area contributed by atoms with Gasteiger partial charge >= 0.3 is 0 Å². The summed E-state index contributed by atoms with van der Waals surface area (Å²) < 4.78 is 5.07. The van der Waals surface area contributed by atoms with Crippen LogP contribution in [0.3, 0.4) is 0 Å². The fourth-order valence-corrected chi connectivity index (χ4v) is 2.17. The summed E-state index contributed by atoms with van der Waals surface area (Å²) in [7, 11) is 1.62. The van der Waals surface area contributed by atoms with Crippen LogP contribution in [0.1, 0.15) is 11.1 Å². The third kappa shape index (κ3) is 2.40. The smallest absolute Gasteiger partial charge is 0.212 e. The number of fused-ring (bicyclic) bond motifs is 1. The quantitative estimate of drug-likeness (QED) is 0.715. The Labute approximate surface area is 111 Å². The number of hydrogen-bond donors (Lipinski definition) is 0. The zero-order chi connectivity index (χ0) is 13.1. The molecule has 3 aromatic rings. The molecule has 2 heterocycles. The largest absolute Gasteiger partial charge is 0.481 e. The van der Waals surface area contributed by atoms with E-state index < -0.39 is 0 Å². The van der Waals surface area contributed by atoms with E-state index >= 15 is 0 Å². The Morgan fingerprint density at radius 1 is 1.00 bits per heavy atom. The Kier molecular flexibility index (Phi) is 3.11. The molecule has 0 bridgehead atoms. The minimum atomic E-state index is 0.642. The van der Waals surface area contributed by atoms with Gasteiger partial charge in [-0.15, -0.1) is 0 Å². The van der Waals surface area contributed by atoms with Gasteiger partial charge < -0.3 is 4.74 Å². The monoisotopic (exact) mass is 250 g/mol. The van der Waals surface area contributed by atoms with Crippen LogP contribution in [0, 0.1) is 0 Å². The summed E-state index contributed by atoms with van der Waals surface area (Å²) >= 11 is 0. The Hall–Kier alpha value is -2.42. The first-order valence-electron chi connectivity index (χ1n) is 6.18. The van der Waals surface area contributed by atoms with Crippen molar-refractivity contribution in [2.75, 3.05) is 7.11 Å². The molecule has 0 spiro atoms. The van der Waals surface area contributed by atoms with Crippen LogP contribution in [0.2, 0.25) is 0 Å². The normalized spacial score (nSPS) is 10.6. The van der Waals surface area contributed by atoms with E-state index in [9.17, 15) is 0 Å². The molecule has 0 saturated carbocycles. The highest BCUT2D eigenvalue weighted by Crippen LogP contribution is 2.19. The molecule has 0 radical (unpaired) electrons. The molecule has 0 saturated heterocycles. The average Bonchev–Trinajstić information content (AvgIpc) is 2.48. The minimum absolute atomic E-state index is 0.642. The van der Waals surface area contributed by atoms with Crippen molar-refractivity contribution in [3.8, 4) is 5.88 Å². The van der Waals surface area contributed by atoms with E-state index in [1.54, 1.807) is 7.11 Å². The van der Waals surface area contributed by atoms with Crippen molar-refractivity contribution in [1.29, 1.82) is 0 Å². The van der Waals surface area contributed by atoms with Crippen LogP contribution < -0.4 is 4.74 Å². The topological polar surface area (TPSA) is 35.0 Å². The maximum Gasteiger partial charge on any atom is 0.212 e. The number of ether oxygens (including phenoxy) is 1. The SMILES string of the molecule is COc1ccc(Cc2ccnc3ccccc23)cn1. The average molecular weight is 250 g/mol. The molecule has 1 aromatic carbocycles. The number of hydrogen-bond acceptors (Lipinski definition) is 3. The molecule has 3 heteroatoms. The zero-order valence-corrected chi connectivity index (χ0v) is 10.7. The van der Waals surface area contributed by atoms with E-state index in [2.05, 4.69) is 22.1 Å². The van der Waals surface area contributed by atoms with E-state index in [-0.39, 0.29) is 0 Å². The molecule has 19 heavy (non-hydrogen) atoms. The van der Waals surface area contributed by atoms with E-state index in [1.807, 2.05) is 42.7 Å². The molecule has 94 valence electrons. The summed E-state index contributed by atoms with van der Waals surface area (Å²) in [6, 6.07) is 14.2.